The van der Waals surface area contributed by atoms with Crippen molar-refractivity contribution in [2.45, 2.75) is 13.8 Å². The van der Waals surface area contributed by atoms with Crippen LogP contribution in [-0.4, -0.2) is 14.5 Å². The Morgan fingerprint density at radius 2 is 1.61 bits per heavy atom. The van der Waals surface area contributed by atoms with Crippen LogP contribution in [-0.2, 0) is 0 Å². The van der Waals surface area contributed by atoms with Gasteiger partial charge in [-0.05, 0) is 23.8 Å². The fourth-order valence-corrected chi connectivity index (χ4v) is 3.82. The highest BCUT2D eigenvalue weighted by atomic mass is 35.5. The predicted octanol–water partition coefficient (Wildman–Crippen LogP) is 5.57. The number of benzene rings is 3. The molecule has 0 saturated carbocycles. The van der Waals surface area contributed by atoms with Crippen molar-refractivity contribution in [1.29, 1.82) is 0 Å². The molecule has 0 atom stereocenters. The van der Waals surface area contributed by atoms with Gasteiger partial charge in [-0.2, -0.15) is 0 Å². The second kappa shape index (κ2) is 8.58. The van der Waals surface area contributed by atoms with Gasteiger partial charge in [-0.1, -0.05) is 74.0 Å². The van der Waals surface area contributed by atoms with E-state index in [1.54, 1.807) is 24.4 Å². The molecule has 0 aliphatic carbocycles. The van der Waals surface area contributed by atoms with Gasteiger partial charge < -0.3 is 4.98 Å². The van der Waals surface area contributed by atoms with Crippen LogP contribution in [0.5, 0.6) is 0 Å². The molecule has 2 aromatic heterocycles. The van der Waals surface area contributed by atoms with Crippen LogP contribution in [0.2, 0.25) is 5.02 Å². The molecule has 0 radical (unpaired) electrons. The van der Waals surface area contributed by atoms with Crippen LogP contribution in [0.1, 0.15) is 13.8 Å². The van der Waals surface area contributed by atoms with Gasteiger partial charge in [0.25, 0.3) is 5.56 Å². The first kappa shape index (κ1) is 20.6. The zero-order chi connectivity index (χ0) is 22.0. The van der Waals surface area contributed by atoms with Crippen LogP contribution in [0.15, 0.2) is 88.7 Å². The third kappa shape index (κ3) is 3.64. The number of pyridine rings is 1. The third-order valence-corrected chi connectivity index (χ3v) is 5.30. The maximum Gasteiger partial charge on any atom is 0.333 e. The standard InChI is InChI=1S/C23H14ClN3O2.C2H6/c24-19-8-4-3-6-16(19)14-9-10-18-20(11-14)26-23(29)27(22(18)28)21-13-25-12-15-5-1-2-7-17(15)21;1-2/h1-13H,(H,26,29);1-2H3. The van der Waals surface area contributed by atoms with Gasteiger partial charge >= 0.3 is 5.69 Å². The van der Waals surface area contributed by atoms with Gasteiger partial charge in [0.15, 0.2) is 0 Å². The van der Waals surface area contributed by atoms with Crippen molar-refractivity contribution in [3.63, 3.8) is 0 Å². The highest BCUT2D eigenvalue weighted by molar-refractivity contribution is 6.33. The summed E-state index contributed by atoms with van der Waals surface area (Å²) in [6.45, 7) is 4.00. The summed E-state index contributed by atoms with van der Waals surface area (Å²) in [4.78, 5) is 33.1. The molecule has 6 heteroatoms. The lowest BCUT2D eigenvalue weighted by Crippen LogP contribution is -2.33. The van der Waals surface area contributed by atoms with Crippen LogP contribution in [0.25, 0.3) is 38.5 Å². The average Bonchev–Trinajstić information content (AvgIpc) is 2.80. The molecule has 0 bridgehead atoms. The largest absolute Gasteiger partial charge is 0.333 e. The minimum absolute atomic E-state index is 0.396. The van der Waals surface area contributed by atoms with E-state index in [2.05, 4.69) is 9.97 Å². The van der Waals surface area contributed by atoms with Crippen molar-refractivity contribution in [3.8, 4) is 16.8 Å². The smallest absolute Gasteiger partial charge is 0.306 e. The van der Waals surface area contributed by atoms with Gasteiger partial charge in [-0.15, -0.1) is 0 Å². The second-order valence-electron chi connectivity index (χ2n) is 6.69. The number of halogens is 1. The summed E-state index contributed by atoms with van der Waals surface area (Å²) in [5, 5.41) is 2.64. The van der Waals surface area contributed by atoms with Gasteiger partial charge in [0.1, 0.15) is 0 Å². The Kier molecular flexibility index (Phi) is 5.69. The summed E-state index contributed by atoms with van der Waals surface area (Å²) < 4.78 is 1.13. The number of fused-ring (bicyclic) bond motifs is 2. The molecule has 0 fully saturated rings. The Morgan fingerprint density at radius 1 is 0.871 bits per heavy atom. The zero-order valence-corrected chi connectivity index (χ0v) is 17.9. The van der Waals surface area contributed by atoms with Crippen LogP contribution in [0.3, 0.4) is 0 Å². The van der Waals surface area contributed by atoms with Crippen molar-refractivity contribution < 1.29 is 0 Å². The highest BCUT2D eigenvalue weighted by Gasteiger charge is 2.13. The van der Waals surface area contributed by atoms with E-state index < -0.39 is 11.2 Å². The summed E-state index contributed by atoms with van der Waals surface area (Å²) in [5.74, 6) is 0. The number of aromatic nitrogens is 3. The highest BCUT2D eigenvalue weighted by Crippen LogP contribution is 2.29. The van der Waals surface area contributed by atoms with Crippen LogP contribution in [0.4, 0.5) is 0 Å². The first-order valence-corrected chi connectivity index (χ1v) is 10.4. The molecule has 31 heavy (non-hydrogen) atoms. The fourth-order valence-electron chi connectivity index (χ4n) is 3.58. The van der Waals surface area contributed by atoms with Crippen LogP contribution < -0.4 is 11.2 Å². The molecule has 5 nitrogen and oxygen atoms in total. The molecule has 0 unspecified atom stereocenters. The van der Waals surface area contributed by atoms with E-state index in [0.717, 1.165) is 26.5 Å². The van der Waals surface area contributed by atoms with Gasteiger partial charge in [0.2, 0.25) is 0 Å². The van der Waals surface area contributed by atoms with E-state index in [4.69, 9.17) is 11.6 Å². The Labute approximate surface area is 183 Å². The number of aromatic amines is 1. The zero-order valence-electron chi connectivity index (χ0n) is 17.1. The Balaban J connectivity index is 0.00000112. The van der Waals surface area contributed by atoms with Crippen molar-refractivity contribution in [1.82, 2.24) is 14.5 Å². The third-order valence-electron chi connectivity index (χ3n) is 4.97. The molecule has 2 heterocycles. The molecular weight excluding hydrogens is 410 g/mol. The number of hydrogen-bond acceptors (Lipinski definition) is 3. The van der Waals surface area contributed by atoms with Gasteiger partial charge in [0, 0.05) is 27.6 Å². The fraction of sp³-hybridized carbons (Fsp3) is 0.0800. The van der Waals surface area contributed by atoms with Crippen molar-refractivity contribution in [3.05, 3.63) is 105 Å². The minimum Gasteiger partial charge on any atom is -0.306 e. The van der Waals surface area contributed by atoms with Crippen molar-refractivity contribution in [2.75, 3.05) is 0 Å². The first-order chi connectivity index (χ1) is 15.1. The second-order valence-corrected chi connectivity index (χ2v) is 7.10. The maximum atomic E-state index is 13.2. The number of nitrogens with one attached hydrogen (secondary N) is 1. The number of nitrogens with zero attached hydrogens (tertiary/aromatic N) is 2. The van der Waals surface area contributed by atoms with Gasteiger partial charge in [-0.25, -0.2) is 9.36 Å². The average molecular weight is 430 g/mol. The van der Waals surface area contributed by atoms with E-state index in [-0.39, 0.29) is 0 Å². The van der Waals surface area contributed by atoms with E-state index in [9.17, 15) is 9.59 Å². The van der Waals surface area contributed by atoms with E-state index in [1.165, 1.54) is 6.20 Å². The van der Waals surface area contributed by atoms with Crippen molar-refractivity contribution >= 4 is 33.3 Å². The topological polar surface area (TPSA) is 67.8 Å². The van der Waals surface area contributed by atoms with Crippen LogP contribution >= 0.6 is 11.6 Å². The number of hydrogen-bond donors (Lipinski definition) is 1. The SMILES string of the molecule is CC.O=c1[nH]c2cc(-c3ccccc3Cl)ccc2c(=O)n1-c1cncc2ccccc12. The summed E-state index contributed by atoms with van der Waals surface area (Å²) >= 11 is 6.29. The maximum absolute atomic E-state index is 13.2. The monoisotopic (exact) mass is 429 g/mol. The van der Waals surface area contributed by atoms with Gasteiger partial charge in [-0.3, -0.25) is 9.78 Å². The molecule has 5 rings (SSSR count). The minimum atomic E-state index is -0.517. The molecule has 0 spiro atoms. The van der Waals surface area contributed by atoms with Crippen molar-refractivity contribution in [2.24, 2.45) is 0 Å². The molecule has 5 aromatic rings. The molecule has 1 N–H and O–H groups in total. The predicted molar refractivity (Wildman–Crippen MR) is 127 cm³/mol. The van der Waals surface area contributed by atoms with Crippen LogP contribution in [0, 0.1) is 0 Å². The first-order valence-electron chi connectivity index (χ1n) is 10.0. The van der Waals surface area contributed by atoms with Gasteiger partial charge in [0.05, 0.1) is 22.8 Å². The Hall–Kier alpha value is -3.70. The molecular formula is C25H20ClN3O2. The number of H-pyrrole nitrogens is 1. The quantitative estimate of drug-likeness (QED) is 0.398. The normalized spacial score (nSPS) is 10.7. The van der Waals surface area contributed by atoms with E-state index in [1.807, 2.05) is 62.4 Å². The molecule has 154 valence electrons. The van der Waals surface area contributed by atoms with E-state index >= 15 is 0 Å². The molecule has 0 saturated heterocycles. The number of rotatable bonds is 2. The lowest BCUT2D eigenvalue weighted by molar-refractivity contribution is 0.902. The summed E-state index contributed by atoms with van der Waals surface area (Å²) in [6.07, 6.45) is 3.23. The molecule has 3 aromatic carbocycles. The lowest BCUT2D eigenvalue weighted by Gasteiger charge is -2.10. The lowest BCUT2D eigenvalue weighted by atomic mass is 10.0. The summed E-state index contributed by atoms with van der Waals surface area (Å²) in [7, 11) is 0. The molecule has 0 aliphatic heterocycles. The Bertz CT molecular complexity index is 1510. The van der Waals surface area contributed by atoms with E-state index in [0.29, 0.717) is 21.6 Å². The Morgan fingerprint density at radius 3 is 2.42 bits per heavy atom. The summed E-state index contributed by atoms with van der Waals surface area (Å²) in [5.41, 5.74) is 1.65. The molecule has 0 amide bonds. The summed E-state index contributed by atoms with van der Waals surface area (Å²) in [6, 6.07) is 20.2. The molecule has 0 aliphatic rings.